The minimum absolute atomic E-state index is 0.295. The van der Waals surface area contributed by atoms with Crippen LogP contribution in [0.25, 0.3) is 0 Å². The highest BCUT2D eigenvalue weighted by atomic mass is 32.2. The summed E-state index contributed by atoms with van der Waals surface area (Å²) in [5, 5.41) is 10.9. The Labute approximate surface area is 123 Å². The van der Waals surface area contributed by atoms with E-state index in [2.05, 4.69) is 4.98 Å². The average Bonchev–Trinajstić information content (AvgIpc) is 2.81. The van der Waals surface area contributed by atoms with Crippen molar-refractivity contribution in [2.75, 3.05) is 12.4 Å². The first-order chi connectivity index (χ1) is 9.58. The smallest absolute Gasteiger partial charge is 0.167 e. The summed E-state index contributed by atoms with van der Waals surface area (Å²) in [6.45, 7) is 4.32. The molecule has 1 atom stereocenters. The molecule has 0 aliphatic carbocycles. The highest BCUT2D eigenvalue weighted by Gasteiger charge is 2.10. The molecule has 0 spiro atoms. The van der Waals surface area contributed by atoms with E-state index in [0.29, 0.717) is 12.4 Å². The predicted octanol–water partition coefficient (Wildman–Crippen LogP) is 2.57. The van der Waals surface area contributed by atoms with Gasteiger partial charge in [0.25, 0.3) is 0 Å². The van der Waals surface area contributed by atoms with Gasteiger partial charge < -0.3 is 14.4 Å². The number of thioether (sulfide) groups is 1. The van der Waals surface area contributed by atoms with Crippen molar-refractivity contribution in [1.29, 1.82) is 0 Å². The number of aliphatic hydroxyl groups excluding tert-OH is 1. The monoisotopic (exact) mass is 292 g/mol. The normalized spacial score (nSPS) is 12.4. The maximum Gasteiger partial charge on any atom is 0.167 e. The third-order valence-corrected chi connectivity index (χ3v) is 4.21. The Morgan fingerprint density at radius 1 is 1.35 bits per heavy atom. The Bertz CT molecular complexity index is 549. The minimum atomic E-state index is -0.518. The van der Waals surface area contributed by atoms with E-state index in [1.54, 1.807) is 6.20 Å². The molecule has 0 fully saturated rings. The first-order valence-corrected chi connectivity index (χ1v) is 7.53. The van der Waals surface area contributed by atoms with E-state index in [9.17, 15) is 5.11 Å². The molecule has 2 rings (SSSR count). The SMILES string of the molecule is Cc1cccc(C)c1OC[C@@H](O)CSc1nccn1C. The van der Waals surface area contributed by atoms with Crippen LogP contribution in [-0.2, 0) is 7.05 Å². The van der Waals surface area contributed by atoms with Crippen molar-refractivity contribution in [3.8, 4) is 5.75 Å². The minimum Gasteiger partial charge on any atom is -0.490 e. The highest BCUT2D eigenvalue weighted by Crippen LogP contribution is 2.23. The van der Waals surface area contributed by atoms with Crippen LogP contribution in [0.15, 0.2) is 35.7 Å². The number of ether oxygens (including phenoxy) is 1. The summed E-state index contributed by atoms with van der Waals surface area (Å²) in [6.07, 6.45) is 3.12. The molecule has 0 radical (unpaired) electrons. The van der Waals surface area contributed by atoms with Crippen molar-refractivity contribution in [3.63, 3.8) is 0 Å². The van der Waals surface area contributed by atoms with Gasteiger partial charge in [-0.05, 0) is 25.0 Å². The third-order valence-electron chi connectivity index (χ3n) is 3.01. The van der Waals surface area contributed by atoms with Gasteiger partial charge in [0, 0.05) is 25.2 Å². The summed E-state index contributed by atoms with van der Waals surface area (Å²) >= 11 is 1.53. The summed E-state index contributed by atoms with van der Waals surface area (Å²) in [6, 6.07) is 6.03. The molecule has 2 aromatic rings. The van der Waals surface area contributed by atoms with Crippen LogP contribution in [0.3, 0.4) is 0 Å². The van der Waals surface area contributed by atoms with Gasteiger partial charge in [0.15, 0.2) is 5.16 Å². The average molecular weight is 292 g/mol. The van der Waals surface area contributed by atoms with Crippen LogP contribution in [0.2, 0.25) is 0 Å². The summed E-state index contributed by atoms with van der Waals surface area (Å²) in [5.41, 5.74) is 2.18. The molecule has 0 unspecified atom stereocenters. The van der Waals surface area contributed by atoms with Gasteiger partial charge in [-0.1, -0.05) is 30.0 Å². The lowest BCUT2D eigenvalue weighted by atomic mass is 10.1. The Hall–Kier alpha value is -1.46. The fraction of sp³-hybridized carbons (Fsp3) is 0.400. The maximum atomic E-state index is 10.00. The van der Waals surface area contributed by atoms with Gasteiger partial charge in [0.2, 0.25) is 0 Å². The number of para-hydroxylation sites is 1. The van der Waals surface area contributed by atoms with E-state index in [-0.39, 0.29) is 0 Å². The van der Waals surface area contributed by atoms with Crippen molar-refractivity contribution in [2.24, 2.45) is 7.05 Å². The van der Waals surface area contributed by atoms with Gasteiger partial charge in [-0.2, -0.15) is 0 Å². The van der Waals surface area contributed by atoms with Crippen molar-refractivity contribution in [2.45, 2.75) is 25.1 Å². The number of hydrogen-bond acceptors (Lipinski definition) is 4. The number of aryl methyl sites for hydroxylation is 3. The lowest BCUT2D eigenvalue weighted by molar-refractivity contribution is 0.125. The molecule has 0 amide bonds. The van der Waals surface area contributed by atoms with E-state index in [0.717, 1.165) is 22.0 Å². The Morgan fingerprint density at radius 2 is 2.05 bits per heavy atom. The van der Waals surface area contributed by atoms with Gasteiger partial charge >= 0.3 is 0 Å². The standard InChI is InChI=1S/C15H20N2O2S/c1-11-5-4-6-12(2)14(11)19-9-13(18)10-20-15-16-7-8-17(15)3/h4-8,13,18H,9-10H2,1-3H3/t13-/m1/s1. The van der Waals surface area contributed by atoms with Crippen LogP contribution in [0, 0.1) is 13.8 Å². The summed E-state index contributed by atoms with van der Waals surface area (Å²) in [4.78, 5) is 4.21. The predicted molar refractivity (Wildman–Crippen MR) is 81.3 cm³/mol. The molecule has 1 heterocycles. The molecule has 0 saturated carbocycles. The molecule has 4 nitrogen and oxygen atoms in total. The molecule has 0 bridgehead atoms. The van der Waals surface area contributed by atoms with Gasteiger partial charge in [0.1, 0.15) is 12.4 Å². The number of nitrogens with zero attached hydrogens (tertiary/aromatic N) is 2. The van der Waals surface area contributed by atoms with Crippen LogP contribution in [0.4, 0.5) is 0 Å². The first kappa shape index (κ1) is 14.9. The zero-order valence-corrected chi connectivity index (χ0v) is 12.9. The second-order valence-electron chi connectivity index (χ2n) is 4.82. The molecule has 1 aromatic heterocycles. The lowest BCUT2D eigenvalue weighted by Crippen LogP contribution is -2.20. The fourth-order valence-corrected chi connectivity index (χ4v) is 2.75. The van der Waals surface area contributed by atoms with Crippen LogP contribution in [0.1, 0.15) is 11.1 Å². The van der Waals surface area contributed by atoms with E-state index >= 15 is 0 Å². The van der Waals surface area contributed by atoms with Crippen LogP contribution in [-0.4, -0.2) is 33.1 Å². The van der Waals surface area contributed by atoms with Crippen molar-refractivity contribution < 1.29 is 9.84 Å². The van der Waals surface area contributed by atoms with E-state index in [1.807, 2.05) is 49.9 Å². The van der Waals surface area contributed by atoms with Gasteiger partial charge in [0.05, 0.1) is 6.10 Å². The molecule has 1 N–H and O–H groups in total. The zero-order chi connectivity index (χ0) is 14.5. The molecule has 0 saturated heterocycles. The molecule has 108 valence electrons. The Balaban J connectivity index is 1.83. The number of aromatic nitrogens is 2. The summed E-state index contributed by atoms with van der Waals surface area (Å²) in [5.74, 6) is 1.43. The van der Waals surface area contributed by atoms with E-state index in [1.165, 1.54) is 11.8 Å². The van der Waals surface area contributed by atoms with Crippen LogP contribution < -0.4 is 4.74 Å². The highest BCUT2D eigenvalue weighted by molar-refractivity contribution is 7.99. The second-order valence-corrected chi connectivity index (χ2v) is 5.80. The fourth-order valence-electron chi connectivity index (χ4n) is 1.92. The molecule has 0 aliphatic heterocycles. The zero-order valence-electron chi connectivity index (χ0n) is 12.0. The third kappa shape index (κ3) is 3.77. The largest absolute Gasteiger partial charge is 0.490 e. The summed E-state index contributed by atoms with van der Waals surface area (Å²) < 4.78 is 7.67. The summed E-state index contributed by atoms with van der Waals surface area (Å²) in [7, 11) is 1.94. The number of imidazole rings is 1. The molecular weight excluding hydrogens is 272 g/mol. The Kier molecular flexibility index (Phi) is 5.09. The van der Waals surface area contributed by atoms with Crippen LogP contribution in [0.5, 0.6) is 5.75 Å². The lowest BCUT2D eigenvalue weighted by Gasteiger charge is -2.15. The molecule has 1 aromatic carbocycles. The molecule has 0 aliphatic rings. The maximum absolute atomic E-state index is 10.00. The number of benzene rings is 1. The van der Waals surface area contributed by atoms with Crippen molar-refractivity contribution in [1.82, 2.24) is 9.55 Å². The number of aliphatic hydroxyl groups is 1. The van der Waals surface area contributed by atoms with Gasteiger partial charge in [-0.25, -0.2) is 4.98 Å². The quantitative estimate of drug-likeness (QED) is 0.831. The van der Waals surface area contributed by atoms with Crippen molar-refractivity contribution in [3.05, 3.63) is 41.7 Å². The molecule has 20 heavy (non-hydrogen) atoms. The number of rotatable bonds is 6. The van der Waals surface area contributed by atoms with E-state index < -0.39 is 6.10 Å². The second kappa shape index (κ2) is 6.81. The van der Waals surface area contributed by atoms with E-state index in [4.69, 9.17) is 4.74 Å². The molecule has 5 heteroatoms. The van der Waals surface area contributed by atoms with Crippen LogP contribution >= 0.6 is 11.8 Å². The Morgan fingerprint density at radius 3 is 2.65 bits per heavy atom. The van der Waals surface area contributed by atoms with Gasteiger partial charge in [-0.15, -0.1) is 0 Å². The number of hydrogen-bond donors (Lipinski definition) is 1. The van der Waals surface area contributed by atoms with Gasteiger partial charge in [-0.3, -0.25) is 0 Å². The first-order valence-electron chi connectivity index (χ1n) is 6.55. The molecular formula is C15H20N2O2S. The van der Waals surface area contributed by atoms with Crippen molar-refractivity contribution >= 4 is 11.8 Å². The topological polar surface area (TPSA) is 47.3 Å².